The standard InChI is InChI=1S/C48H52ClN10O6P/c1-56-27-30(25-51-56)33-23-37(53-47-50-26-35(49)43(55-47)52-36-10-7-29(28-5-6-28)21-41(36)66(3,4)64)40(65-2)24-39(33)58-19-15-48(16-20-58)13-17-57(18-14-48)31-8-9-32-34(22-31)46(63)59(45(32)62)38-11-12-42(60)54-44(38)61/h7-10,21-28,38H,5-6,11-20H2,1-4H3,(H,54,60,61)(H2,50,52,53,55). The molecule has 0 radical (unpaired) electrons. The van der Waals surface area contributed by atoms with E-state index in [1.165, 1.54) is 5.56 Å². The summed E-state index contributed by atoms with van der Waals surface area (Å²) < 4.78 is 21.2. The number of hydrogen-bond donors (Lipinski definition) is 3. The number of imide groups is 2. The number of carbonyl (C=O) groups is 4. The Balaban J connectivity index is 0.840. The number of piperidine rings is 3. The quantitative estimate of drug-likeness (QED) is 0.0879. The van der Waals surface area contributed by atoms with Gasteiger partial charge in [-0.3, -0.25) is 34.1 Å². The fourth-order valence-corrected chi connectivity index (χ4v) is 11.3. The van der Waals surface area contributed by atoms with Crippen LogP contribution in [0.3, 0.4) is 0 Å². The van der Waals surface area contributed by atoms with Gasteiger partial charge < -0.3 is 29.7 Å². The molecule has 1 aliphatic carbocycles. The lowest BCUT2D eigenvalue weighted by atomic mass is 9.71. The van der Waals surface area contributed by atoms with Crippen molar-refractivity contribution in [1.82, 2.24) is 30.0 Å². The second-order valence-electron chi connectivity index (χ2n) is 18.7. The number of nitrogens with one attached hydrogen (secondary N) is 3. The van der Waals surface area contributed by atoms with Crippen molar-refractivity contribution in [1.29, 1.82) is 0 Å². The Morgan fingerprint density at radius 1 is 0.833 bits per heavy atom. The largest absolute Gasteiger partial charge is 0.494 e. The molecule has 16 nitrogen and oxygen atoms in total. The number of benzene rings is 3. The van der Waals surface area contributed by atoms with Crippen LogP contribution in [0.1, 0.15) is 83.6 Å². The summed E-state index contributed by atoms with van der Waals surface area (Å²) in [7, 11) is 0.904. The summed E-state index contributed by atoms with van der Waals surface area (Å²) in [6.07, 6.45) is 11.9. The number of amides is 4. The Bertz CT molecular complexity index is 2860. The minimum atomic E-state index is -2.64. The highest BCUT2D eigenvalue weighted by molar-refractivity contribution is 7.70. The molecule has 1 unspecified atom stereocenters. The van der Waals surface area contributed by atoms with E-state index >= 15 is 0 Å². The van der Waals surface area contributed by atoms with E-state index < -0.39 is 36.8 Å². The van der Waals surface area contributed by atoms with E-state index in [0.717, 1.165) is 97.4 Å². The van der Waals surface area contributed by atoms with Crippen LogP contribution in [0.15, 0.2) is 67.1 Å². The molecule has 3 N–H and O–H groups in total. The van der Waals surface area contributed by atoms with Gasteiger partial charge in [0.05, 0.1) is 42.0 Å². The summed E-state index contributed by atoms with van der Waals surface area (Å²) in [5.74, 6) is -0.181. The molecule has 18 heteroatoms. The van der Waals surface area contributed by atoms with Crippen LogP contribution in [0.5, 0.6) is 5.75 Å². The summed E-state index contributed by atoms with van der Waals surface area (Å²) >= 11 is 6.66. The first-order valence-electron chi connectivity index (χ1n) is 22.5. The van der Waals surface area contributed by atoms with Gasteiger partial charge in [0.25, 0.3) is 11.8 Å². The minimum absolute atomic E-state index is 0.0791. The third kappa shape index (κ3) is 8.29. The third-order valence-corrected chi connectivity index (χ3v) is 15.8. The Labute approximate surface area is 387 Å². The van der Waals surface area contributed by atoms with Crippen molar-refractivity contribution in [2.24, 2.45) is 12.5 Å². The van der Waals surface area contributed by atoms with E-state index in [1.54, 1.807) is 43.5 Å². The van der Waals surface area contributed by atoms with Gasteiger partial charge >= 0.3 is 0 Å². The lowest BCUT2D eigenvalue weighted by Gasteiger charge is -2.48. The van der Waals surface area contributed by atoms with Gasteiger partial charge in [-0.05, 0) is 112 Å². The summed E-state index contributed by atoms with van der Waals surface area (Å²) in [5, 5.41) is 14.6. The molecule has 3 saturated heterocycles. The molecule has 5 aliphatic rings. The van der Waals surface area contributed by atoms with Crippen molar-refractivity contribution < 1.29 is 28.5 Å². The van der Waals surface area contributed by atoms with E-state index in [9.17, 15) is 23.7 Å². The zero-order chi connectivity index (χ0) is 46.1. The fourth-order valence-electron chi connectivity index (χ4n) is 10.0. The summed E-state index contributed by atoms with van der Waals surface area (Å²) in [4.78, 5) is 66.2. The second kappa shape index (κ2) is 16.9. The number of aryl methyl sites for hydroxylation is 1. The maximum Gasteiger partial charge on any atom is 0.262 e. The molecule has 6 heterocycles. The van der Waals surface area contributed by atoms with E-state index in [2.05, 4.69) is 60.1 Å². The average molecular weight is 931 g/mol. The van der Waals surface area contributed by atoms with Gasteiger partial charge in [-0.15, -0.1) is 0 Å². The van der Waals surface area contributed by atoms with Crippen molar-refractivity contribution in [3.05, 3.63) is 88.8 Å². The van der Waals surface area contributed by atoms with Crippen LogP contribution in [0.25, 0.3) is 11.1 Å². The van der Waals surface area contributed by atoms with Gasteiger partial charge in [0, 0.05) is 79.7 Å². The van der Waals surface area contributed by atoms with E-state index in [0.29, 0.717) is 45.4 Å². The number of hydrogen-bond acceptors (Lipinski definition) is 13. The molecular weight excluding hydrogens is 879 g/mol. The van der Waals surface area contributed by atoms with Crippen molar-refractivity contribution in [2.45, 2.75) is 63.3 Å². The lowest BCUT2D eigenvalue weighted by molar-refractivity contribution is -0.136. The number of halogens is 1. The second-order valence-corrected chi connectivity index (χ2v) is 22.3. The van der Waals surface area contributed by atoms with Crippen LogP contribution in [-0.2, 0) is 21.2 Å². The number of methoxy groups -OCH3 is 1. The van der Waals surface area contributed by atoms with Crippen molar-refractivity contribution in [3.63, 3.8) is 0 Å². The number of nitrogens with zero attached hydrogens (tertiary/aromatic N) is 7. The van der Waals surface area contributed by atoms with Gasteiger partial charge in [0.2, 0.25) is 17.8 Å². The topological polar surface area (TPSA) is 184 Å². The number of ether oxygens (including phenoxy) is 1. The molecular formula is C48H52ClN10O6P. The molecule has 1 atom stereocenters. The maximum atomic E-state index is 13.5. The highest BCUT2D eigenvalue weighted by Crippen LogP contribution is 2.48. The molecule has 3 aromatic carbocycles. The number of carbonyl (C=O) groups excluding carboxylic acids is 4. The van der Waals surface area contributed by atoms with Crippen LogP contribution in [-0.4, -0.2) is 101 Å². The first-order valence-corrected chi connectivity index (χ1v) is 25.5. The molecule has 4 amide bonds. The lowest BCUT2D eigenvalue weighted by Crippen LogP contribution is -2.54. The molecule has 5 aromatic rings. The molecule has 4 fully saturated rings. The molecule has 2 aromatic heterocycles. The Morgan fingerprint density at radius 3 is 2.23 bits per heavy atom. The smallest absolute Gasteiger partial charge is 0.262 e. The zero-order valence-electron chi connectivity index (χ0n) is 37.4. The fraction of sp³-hybridized carbons (Fsp3) is 0.396. The van der Waals surface area contributed by atoms with Crippen LogP contribution in [0, 0.1) is 5.41 Å². The van der Waals surface area contributed by atoms with E-state index in [4.69, 9.17) is 21.3 Å². The Kier molecular flexibility index (Phi) is 11.2. The predicted octanol–water partition coefficient (Wildman–Crippen LogP) is 7.44. The zero-order valence-corrected chi connectivity index (χ0v) is 39.0. The SMILES string of the molecule is COc1cc(N2CCC3(CCN(c4ccc5c(c4)C(=O)N(C4CCC(=O)NC4=O)C5=O)CC3)CC2)c(-c2cnn(C)c2)cc1Nc1ncc(Cl)c(Nc2ccc(C3CC3)cc2P(C)(C)=O)n1. The minimum Gasteiger partial charge on any atom is -0.494 e. The van der Waals surface area contributed by atoms with Gasteiger partial charge in [-0.2, -0.15) is 10.1 Å². The summed E-state index contributed by atoms with van der Waals surface area (Å²) in [6, 6.07) is 14.6. The van der Waals surface area contributed by atoms with Crippen LogP contribution < -0.4 is 35.8 Å². The van der Waals surface area contributed by atoms with Crippen LogP contribution >= 0.6 is 18.7 Å². The van der Waals surface area contributed by atoms with Crippen LogP contribution in [0.2, 0.25) is 5.02 Å². The van der Waals surface area contributed by atoms with Gasteiger partial charge in [-0.1, -0.05) is 17.7 Å². The third-order valence-electron chi connectivity index (χ3n) is 14.0. The number of aromatic nitrogens is 4. The summed E-state index contributed by atoms with van der Waals surface area (Å²) in [5.41, 5.74) is 7.15. The molecule has 1 spiro atoms. The Hall–Kier alpha value is -6.25. The normalized spacial score (nSPS) is 19.6. The van der Waals surface area contributed by atoms with Gasteiger partial charge in [-0.25, -0.2) is 4.98 Å². The molecule has 1 saturated carbocycles. The Morgan fingerprint density at radius 2 is 1.56 bits per heavy atom. The van der Waals surface area contributed by atoms with Crippen molar-refractivity contribution in [2.75, 3.05) is 67.1 Å². The van der Waals surface area contributed by atoms with Crippen molar-refractivity contribution in [3.8, 4) is 16.9 Å². The first kappa shape index (κ1) is 43.6. The van der Waals surface area contributed by atoms with Gasteiger partial charge in [0.1, 0.15) is 24.0 Å². The molecule has 66 heavy (non-hydrogen) atoms. The van der Waals surface area contributed by atoms with E-state index in [-0.39, 0.29) is 23.8 Å². The maximum absolute atomic E-state index is 13.5. The highest BCUT2D eigenvalue weighted by atomic mass is 35.5. The van der Waals surface area contributed by atoms with Crippen molar-refractivity contribution >= 4 is 82.2 Å². The number of fused-ring (bicyclic) bond motifs is 1. The first-order chi connectivity index (χ1) is 31.7. The average Bonchev–Trinajstić information content (AvgIpc) is 4.02. The number of rotatable bonds is 11. The molecule has 0 bridgehead atoms. The van der Waals surface area contributed by atoms with Crippen LogP contribution in [0.4, 0.5) is 34.5 Å². The van der Waals surface area contributed by atoms with Gasteiger partial charge in [0.15, 0.2) is 5.82 Å². The number of anilines is 6. The van der Waals surface area contributed by atoms with E-state index in [1.807, 2.05) is 31.6 Å². The molecule has 342 valence electrons. The highest BCUT2D eigenvalue weighted by Gasteiger charge is 2.45. The predicted molar refractivity (Wildman–Crippen MR) is 255 cm³/mol. The summed E-state index contributed by atoms with van der Waals surface area (Å²) in [6.45, 7) is 6.85. The monoisotopic (exact) mass is 930 g/mol. The molecule has 10 rings (SSSR count). The molecule has 4 aliphatic heterocycles.